The number of hydrogen-bond donors (Lipinski definition) is 0. The van der Waals surface area contributed by atoms with E-state index in [9.17, 15) is 0 Å². The zero-order valence-electron chi connectivity index (χ0n) is 24.8. The van der Waals surface area contributed by atoms with Gasteiger partial charge in [-0.15, -0.1) is 56.9 Å². The molecule has 0 saturated carbocycles. The molecule has 0 heterocycles. The Labute approximate surface area is 287 Å². The van der Waals surface area contributed by atoms with Gasteiger partial charge in [-0.1, -0.05) is 85.3 Å². The molecule has 216 valence electrons. The molecule has 0 aliphatic heterocycles. The summed E-state index contributed by atoms with van der Waals surface area (Å²) in [5.41, 5.74) is 2.28. The summed E-state index contributed by atoms with van der Waals surface area (Å²) in [4.78, 5) is 0. The minimum atomic E-state index is -0.406. The normalized spacial score (nSPS) is 10.3. The number of fused-ring (bicyclic) bond motifs is 6. The zero-order chi connectivity index (χ0) is 28.9. The zero-order valence-corrected chi connectivity index (χ0v) is 30.9. The fraction of sp³-hybridized carbons (Fsp3) is 0.0500. The Morgan fingerprint density at radius 2 is 0.795 bits per heavy atom. The molecule has 0 atom stereocenters. The molecule has 8 rings (SSSR count). The molecule has 0 aliphatic rings. The summed E-state index contributed by atoms with van der Waals surface area (Å²) in [5, 5.41) is 13.9. The molecule has 0 fully saturated rings. The van der Waals surface area contributed by atoms with E-state index >= 15 is 0 Å². The van der Waals surface area contributed by atoms with Crippen molar-refractivity contribution < 1.29 is 47.8 Å². The first-order valence-corrected chi connectivity index (χ1v) is 21.2. The van der Waals surface area contributed by atoms with Crippen molar-refractivity contribution in [3.05, 3.63) is 169 Å². The van der Waals surface area contributed by atoms with Gasteiger partial charge in [0, 0.05) is 0 Å². The van der Waals surface area contributed by atoms with Crippen molar-refractivity contribution in [3.63, 3.8) is 0 Å². The quantitative estimate of drug-likeness (QED) is 0.186. The molecule has 0 bridgehead atoms. The molecule has 0 unspecified atom stereocenters. The van der Waals surface area contributed by atoms with Crippen molar-refractivity contribution in [2.45, 2.75) is 13.8 Å². The number of aryl methyl sites for hydroxylation is 2. The third kappa shape index (κ3) is 7.68. The van der Waals surface area contributed by atoms with Crippen LogP contribution in [0.15, 0.2) is 158 Å². The fourth-order valence-electron chi connectivity index (χ4n) is 5.60. The molecular weight excluding hydrogens is 758 g/mol. The van der Waals surface area contributed by atoms with Crippen molar-refractivity contribution in [2.75, 3.05) is 0 Å². The summed E-state index contributed by atoms with van der Waals surface area (Å²) in [5.74, 6) is 0. The second-order valence-electron chi connectivity index (χ2n) is 10.8. The van der Waals surface area contributed by atoms with Crippen molar-refractivity contribution in [2.24, 2.45) is 0 Å². The molecule has 0 radical (unpaired) electrons. The van der Waals surface area contributed by atoms with Crippen molar-refractivity contribution in [3.8, 4) is 0 Å². The number of benzene rings is 6. The minimum absolute atomic E-state index is 0. The molecule has 8 aromatic rings. The van der Waals surface area contributed by atoms with Gasteiger partial charge >= 0.3 is 99.5 Å². The standard InChI is InChI=1S/2C14H11.C12H10Si.2ClH.Hf/c2*1-10-8-12-7-6-11-4-2-3-5-13(11)14(12)9-10;1-3-7-11(8-4-1)13-12-9-5-2-6-10-12;;;/h2*2-9H,1H3;1-10H;2*1H;/q2*-1;;;;+2/p-2. The topological polar surface area (TPSA) is 0 Å². The van der Waals surface area contributed by atoms with Gasteiger partial charge in [-0.05, 0) is 10.8 Å². The van der Waals surface area contributed by atoms with Crippen LogP contribution in [-0.4, -0.2) is 5.49 Å². The first kappa shape index (κ1) is 33.6. The molecule has 0 N–H and O–H groups in total. The molecule has 8 aromatic carbocycles. The average Bonchev–Trinajstić information content (AvgIpc) is 3.63. The summed E-state index contributed by atoms with van der Waals surface area (Å²) < 4.78 is 0. The maximum atomic E-state index is 2.26. The van der Waals surface area contributed by atoms with Crippen molar-refractivity contribution in [1.29, 1.82) is 0 Å². The van der Waals surface area contributed by atoms with Crippen LogP contribution in [0, 0.1) is 13.8 Å². The molecule has 44 heavy (non-hydrogen) atoms. The summed E-state index contributed by atoms with van der Waals surface area (Å²) in [6, 6.07) is 56.6. The van der Waals surface area contributed by atoms with Gasteiger partial charge in [0.1, 0.15) is 0 Å². The summed E-state index contributed by atoms with van der Waals surface area (Å²) in [7, 11) is 0. The van der Waals surface area contributed by atoms with E-state index in [1.54, 1.807) is 0 Å². The van der Waals surface area contributed by atoms with Crippen LogP contribution in [0.4, 0.5) is 0 Å². The van der Waals surface area contributed by atoms with Gasteiger partial charge in [0.25, 0.3) is 0 Å². The Hall–Kier alpha value is -3.27. The molecule has 4 heteroatoms. The summed E-state index contributed by atoms with van der Waals surface area (Å²) >= 11 is 1.27. The summed E-state index contributed by atoms with van der Waals surface area (Å²) in [6.45, 7) is 4.30. The van der Waals surface area contributed by atoms with Crippen LogP contribution >= 0.6 is 0 Å². The third-order valence-corrected chi connectivity index (χ3v) is 15.7. The molecule has 0 aliphatic carbocycles. The van der Waals surface area contributed by atoms with Crippen LogP contribution in [0.1, 0.15) is 11.1 Å². The van der Waals surface area contributed by atoms with E-state index < -0.39 is 5.49 Å². The predicted molar refractivity (Wildman–Crippen MR) is 181 cm³/mol. The van der Waals surface area contributed by atoms with E-state index in [2.05, 4.69) is 172 Å². The van der Waals surface area contributed by atoms with E-state index in [0.29, 0.717) is 0 Å². The van der Waals surface area contributed by atoms with Crippen LogP contribution in [0.2, 0.25) is 0 Å². The van der Waals surface area contributed by atoms with Gasteiger partial charge in [0.05, 0.1) is 0 Å². The Morgan fingerprint density at radius 1 is 0.432 bits per heavy atom. The van der Waals surface area contributed by atoms with Gasteiger partial charge in [0.2, 0.25) is 0 Å². The van der Waals surface area contributed by atoms with Gasteiger partial charge < -0.3 is 24.8 Å². The molecule has 0 nitrogen and oxygen atoms in total. The number of halogens is 2. The van der Waals surface area contributed by atoms with Crippen LogP contribution in [0.25, 0.3) is 43.1 Å². The monoisotopic (exact) mass is 790 g/mol. The van der Waals surface area contributed by atoms with E-state index in [4.69, 9.17) is 0 Å². The first-order chi connectivity index (χ1) is 20.6. The van der Waals surface area contributed by atoms with Crippen molar-refractivity contribution in [1.82, 2.24) is 0 Å². The van der Waals surface area contributed by atoms with E-state index in [0.717, 1.165) is 0 Å². The van der Waals surface area contributed by atoms with E-state index in [1.165, 1.54) is 87.6 Å². The van der Waals surface area contributed by atoms with E-state index in [1.807, 2.05) is 0 Å². The van der Waals surface area contributed by atoms with Crippen LogP contribution in [0.5, 0.6) is 0 Å². The van der Waals surface area contributed by atoms with Gasteiger partial charge in [-0.25, -0.2) is 0 Å². The number of hydrogen-bond acceptors (Lipinski definition) is 0. The Bertz CT molecular complexity index is 1970. The molecule has 0 amide bonds. The summed E-state index contributed by atoms with van der Waals surface area (Å²) in [6.07, 6.45) is 0. The van der Waals surface area contributed by atoms with Gasteiger partial charge in [-0.2, -0.15) is 12.1 Å². The molecule has 0 aromatic heterocycles. The van der Waals surface area contributed by atoms with Crippen LogP contribution in [0.3, 0.4) is 0 Å². The Kier molecular flexibility index (Phi) is 11.9. The Morgan fingerprint density at radius 3 is 1.20 bits per heavy atom. The fourth-order valence-corrected chi connectivity index (χ4v) is 10.6. The molecular formula is C40H32Cl2HfSi-2. The first-order valence-electron chi connectivity index (χ1n) is 14.4. The second-order valence-corrected chi connectivity index (χ2v) is 18.0. The van der Waals surface area contributed by atoms with Crippen LogP contribution < -0.4 is 35.2 Å². The number of rotatable bonds is 2. The van der Waals surface area contributed by atoms with Gasteiger partial charge in [-0.3, -0.25) is 0 Å². The maximum absolute atomic E-state index is 2.26. The predicted octanol–water partition coefficient (Wildman–Crippen LogP) is 3.39. The Balaban J connectivity index is 0.000000147. The van der Waals surface area contributed by atoms with Crippen LogP contribution in [-0.2, 0) is 23.0 Å². The second kappa shape index (κ2) is 15.6. The average molecular weight is 790 g/mol. The van der Waals surface area contributed by atoms with Gasteiger partial charge in [0.15, 0.2) is 0 Å². The SMILES string of the molecule is Cc1cc2c(ccc3ccccc32)[cH-]1.Cc1cc2c(ccc3ccccc32)[cH-]1.[Cl-].[Cl-].[Hf+2]=[Si](c1ccccc1)c1ccccc1. The van der Waals surface area contributed by atoms with Crippen molar-refractivity contribution >= 4 is 59.0 Å². The third-order valence-electron chi connectivity index (χ3n) is 7.64. The molecule has 0 saturated heterocycles. The van der Waals surface area contributed by atoms with E-state index in [-0.39, 0.29) is 24.8 Å². The molecule has 0 spiro atoms.